The fraction of sp³-hybridized carbons (Fsp3) is 0.111. The van der Waals surface area contributed by atoms with E-state index in [1.807, 2.05) is 6.08 Å². The quantitative estimate of drug-likeness (QED) is 0.105. The molecule has 1 heteroatoms. The Balaban J connectivity index is 1.05. The van der Waals surface area contributed by atoms with Crippen molar-refractivity contribution in [1.29, 1.82) is 0 Å². The molecular weight excluding hydrogens is 771 g/mol. The summed E-state index contributed by atoms with van der Waals surface area (Å²) in [4.78, 5) is 2.32. The number of fused-ring (bicyclic) bond motifs is 3. The molecule has 64 heavy (non-hydrogen) atoms. The van der Waals surface area contributed by atoms with Gasteiger partial charge in [-0.1, -0.05) is 220 Å². The molecule has 10 rings (SSSR count). The minimum absolute atomic E-state index is 0.288. The Labute approximate surface area is 379 Å². The predicted octanol–water partition coefficient (Wildman–Crippen LogP) is 14.3. The van der Waals surface area contributed by atoms with Gasteiger partial charge in [-0.2, -0.15) is 0 Å². The number of hydrogen-bond acceptors (Lipinski definition) is 1. The minimum Gasteiger partial charge on any atom is -0.321 e. The van der Waals surface area contributed by atoms with Crippen molar-refractivity contribution < 1.29 is 0 Å². The summed E-state index contributed by atoms with van der Waals surface area (Å²) >= 11 is 0. The van der Waals surface area contributed by atoms with Crippen LogP contribution in [0, 0.1) is 5.92 Å². The molecule has 0 amide bonds. The van der Waals surface area contributed by atoms with Crippen molar-refractivity contribution in [3.05, 3.63) is 293 Å². The standard InChI is InChI=1S/C63H53N/c1-3-47(52-39-38-51-37-36-50-25-16-17-31-59(50)61(51)44-52)26-20-40-64(58-42-54(48-21-8-4-9-22-48)41-55(43-58)49-23-10-5-11-24-49)46(2)34-35-53-45-63(56-27-12-6-13-28-56,57-29-14-7-15-30-57)62-33-19-18-32-60(53)62/h3-23,25-33,37-45,49-50H,1-2,24,34-36H2/b40-20+,47-26+. The van der Waals surface area contributed by atoms with E-state index in [0.717, 1.165) is 48.2 Å². The summed E-state index contributed by atoms with van der Waals surface area (Å²) in [6.45, 7) is 9.16. The van der Waals surface area contributed by atoms with Crippen LogP contribution in [0.25, 0.3) is 33.9 Å². The van der Waals surface area contributed by atoms with E-state index in [1.54, 1.807) is 0 Å². The van der Waals surface area contributed by atoms with Crippen LogP contribution < -0.4 is 15.3 Å². The highest BCUT2D eigenvalue weighted by atomic mass is 15.1. The first-order valence-corrected chi connectivity index (χ1v) is 22.7. The molecule has 6 aromatic rings. The van der Waals surface area contributed by atoms with Gasteiger partial charge < -0.3 is 4.90 Å². The Morgan fingerprint density at radius 2 is 1.41 bits per heavy atom. The van der Waals surface area contributed by atoms with Gasteiger partial charge in [0.15, 0.2) is 0 Å². The van der Waals surface area contributed by atoms with Crippen LogP contribution in [0.15, 0.2) is 250 Å². The van der Waals surface area contributed by atoms with Gasteiger partial charge in [0, 0.05) is 29.4 Å². The summed E-state index contributed by atoms with van der Waals surface area (Å²) in [5.41, 5.74) is 15.6. The number of hydrogen-bond donors (Lipinski definition) is 0. The Kier molecular flexibility index (Phi) is 11.5. The van der Waals surface area contributed by atoms with Crippen LogP contribution in [-0.2, 0) is 5.41 Å². The summed E-state index contributed by atoms with van der Waals surface area (Å²) < 4.78 is 0. The molecule has 2 atom stereocenters. The average molecular weight is 824 g/mol. The van der Waals surface area contributed by atoms with Gasteiger partial charge in [-0.05, 0) is 122 Å². The van der Waals surface area contributed by atoms with E-state index in [9.17, 15) is 0 Å². The van der Waals surface area contributed by atoms with Crippen LogP contribution >= 0.6 is 0 Å². The van der Waals surface area contributed by atoms with Gasteiger partial charge in [0.1, 0.15) is 0 Å². The largest absolute Gasteiger partial charge is 0.321 e. The monoisotopic (exact) mass is 823 g/mol. The molecule has 0 spiro atoms. The molecule has 2 unspecified atom stereocenters. The molecular formula is C63H53N. The molecule has 0 saturated carbocycles. The van der Waals surface area contributed by atoms with E-state index >= 15 is 0 Å². The van der Waals surface area contributed by atoms with E-state index in [1.165, 1.54) is 60.5 Å². The number of benzene rings is 6. The van der Waals surface area contributed by atoms with Crippen LogP contribution in [0.4, 0.5) is 5.69 Å². The lowest BCUT2D eigenvalue weighted by Gasteiger charge is -2.30. The summed E-state index contributed by atoms with van der Waals surface area (Å²) in [5, 5.41) is 2.61. The molecule has 310 valence electrons. The fourth-order valence-corrected chi connectivity index (χ4v) is 10.2. The van der Waals surface area contributed by atoms with Gasteiger partial charge >= 0.3 is 0 Å². The first-order chi connectivity index (χ1) is 31.6. The van der Waals surface area contributed by atoms with Gasteiger partial charge in [-0.15, -0.1) is 0 Å². The topological polar surface area (TPSA) is 3.24 Å². The number of rotatable bonds is 13. The molecule has 1 nitrogen and oxygen atoms in total. The van der Waals surface area contributed by atoms with Gasteiger partial charge in [-0.3, -0.25) is 0 Å². The van der Waals surface area contributed by atoms with E-state index in [4.69, 9.17) is 6.58 Å². The zero-order valence-corrected chi connectivity index (χ0v) is 36.4. The number of anilines is 1. The maximum atomic E-state index is 4.87. The first kappa shape index (κ1) is 40.6. The van der Waals surface area contributed by atoms with Crippen molar-refractivity contribution in [2.45, 2.75) is 37.0 Å². The lowest BCUT2D eigenvalue weighted by atomic mass is 9.71. The summed E-state index contributed by atoms with van der Waals surface area (Å²) in [6.07, 6.45) is 34.9. The molecule has 0 radical (unpaired) electrons. The Morgan fingerprint density at radius 3 is 2.16 bits per heavy atom. The van der Waals surface area contributed by atoms with Crippen LogP contribution in [0.5, 0.6) is 0 Å². The second kappa shape index (κ2) is 18.1. The third-order valence-corrected chi connectivity index (χ3v) is 13.5. The van der Waals surface area contributed by atoms with Crippen LogP contribution in [0.3, 0.4) is 0 Å². The van der Waals surface area contributed by atoms with Crippen LogP contribution in [-0.4, -0.2) is 0 Å². The van der Waals surface area contributed by atoms with Gasteiger partial charge in [0.2, 0.25) is 0 Å². The van der Waals surface area contributed by atoms with E-state index in [-0.39, 0.29) is 11.3 Å². The normalized spacial score (nSPS) is 17.9. The molecule has 4 aliphatic carbocycles. The lowest BCUT2D eigenvalue weighted by Crippen LogP contribution is -2.32. The van der Waals surface area contributed by atoms with Crippen LogP contribution in [0.2, 0.25) is 0 Å². The number of allylic oxidation sites excluding steroid dienone is 15. The Bertz CT molecular complexity index is 3040. The van der Waals surface area contributed by atoms with Crippen molar-refractivity contribution >= 4 is 28.5 Å². The molecule has 0 N–H and O–H groups in total. The smallest absolute Gasteiger partial charge is 0.0643 e. The third kappa shape index (κ3) is 7.91. The molecule has 0 bridgehead atoms. The predicted molar refractivity (Wildman–Crippen MR) is 273 cm³/mol. The fourth-order valence-electron chi connectivity index (χ4n) is 10.2. The van der Waals surface area contributed by atoms with Crippen molar-refractivity contribution in [3.8, 4) is 11.1 Å². The lowest BCUT2D eigenvalue weighted by molar-refractivity contribution is 0.793. The van der Waals surface area contributed by atoms with Gasteiger partial charge in [0.25, 0.3) is 0 Å². The number of nitrogens with zero attached hydrogens (tertiary/aromatic N) is 1. The molecule has 0 fully saturated rings. The average Bonchev–Trinajstić information content (AvgIpc) is 3.71. The van der Waals surface area contributed by atoms with Crippen molar-refractivity contribution in [2.75, 3.05) is 4.90 Å². The molecule has 0 saturated heterocycles. The highest BCUT2D eigenvalue weighted by molar-refractivity contribution is 5.82. The van der Waals surface area contributed by atoms with Gasteiger partial charge in [-0.25, -0.2) is 0 Å². The first-order valence-electron chi connectivity index (χ1n) is 22.7. The Hall–Kier alpha value is -7.48. The molecule has 0 heterocycles. The van der Waals surface area contributed by atoms with Gasteiger partial charge in [0.05, 0.1) is 5.41 Å². The summed E-state index contributed by atoms with van der Waals surface area (Å²) in [7, 11) is 0. The molecule has 6 aromatic carbocycles. The maximum absolute atomic E-state index is 4.87. The second-order valence-electron chi connectivity index (χ2n) is 17.2. The maximum Gasteiger partial charge on any atom is 0.0643 e. The SMILES string of the molecule is C=C/C(=C\C=C\N(C(=C)CCC1=CC(c2ccccc2)(c2ccccc2)c2ccccc21)c1cc(-c2ccccc2)cc(C2C=CC=CC2)c1)c1ccc2c(c1)=C1C=CC=CC1CC=2. The Morgan fingerprint density at radius 1 is 0.688 bits per heavy atom. The highest BCUT2D eigenvalue weighted by Gasteiger charge is 2.40. The zero-order valence-electron chi connectivity index (χ0n) is 36.4. The van der Waals surface area contributed by atoms with E-state index in [2.05, 4.69) is 242 Å². The summed E-state index contributed by atoms with van der Waals surface area (Å²) in [5.74, 6) is 0.720. The van der Waals surface area contributed by atoms with Crippen molar-refractivity contribution in [3.63, 3.8) is 0 Å². The zero-order chi connectivity index (χ0) is 43.3. The third-order valence-electron chi connectivity index (χ3n) is 13.5. The molecule has 4 aliphatic rings. The molecule has 0 aromatic heterocycles. The van der Waals surface area contributed by atoms with Crippen molar-refractivity contribution in [2.24, 2.45) is 5.92 Å². The van der Waals surface area contributed by atoms with Crippen LogP contribution in [0.1, 0.15) is 65.0 Å². The highest BCUT2D eigenvalue weighted by Crippen LogP contribution is 2.51. The summed E-state index contributed by atoms with van der Waals surface area (Å²) in [6, 6.07) is 55.6. The van der Waals surface area contributed by atoms with E-state index in [0.29, 0.717) is 5.92 Å². The van der Waals surface area contributed by atoms with Crippen molar-refractivity contribution in [1.82, 2.24) is 0 Å². The van der Waals surface area contributed by atoms with E-state index < -0.39 is 0 Å². The minimum atomic E-state index is -0.389. The second-order valence-corrected chi connectivity index (χ2v) is 17.2. The molecule has 0 aliphatic heterocycles.